The third-order valence-electron chi connectivity index (χ3n) is 3.58. The van der Waals surface area contributed by atoms with Crippen molar-refractivity contribution in [1.82, 2.24) is 4.90 Å². The monoisotopic (exact) mass is 312 g/mol. The van der Waals surface area contributed by atoms with Gasteiger partial charge in [-0.1, -0.05) is 12.1 Å². The summed E-state index contributed by atoms with van der Waals surface area (Å²) in [5.74, 6) is 0. The number of rotatable bonds is 5. The van der Waals surface area contributed by atoms with Crippen LogP contribution in [0.1, 0.15) is 12.0 Å². The normalized spacial score (nSPS) is 15.7. The van der Waals surface area contributed by atoms with Crippen molar-refractivity contribution < 1.29 is 13.7 Å². The first-order valence-electron chi connectivity index (χ1n) is 6.87. The predicted octanol–water partition coefficient (Wildman–Crippen LogP) is 2.57. The number of nitro benzene ring substituents is 1. The number of nitrogen functional groups attached to an aromatic ring is 1. The molecule has 3 N–H and O–H groups in total. The van der Waals surface area contributed by atoms with Gasteiger partial charge >= 0.3 is 5.69 Å². The molecule has 22 heavy (non-hydrogen) atoms. The molecule has 8 heteroatoms. The predicted molar refractivity (Wildman–Crippen MR) is 82.1 cm³/mol. The topological polar surface area (TPSA) is 84.4 Å². The fourth-order valence-electron chi connectivity index (χ4n) is 2.45. The van der Waals surface area contributed by atoms with Crippen LogP contribution >= 0.6 is 0 Å². The molecule has 0 unspecified atom stereocenters. The van der Waals surface area contributed by atoms with Crippen molar-refractivity contribution >= 4 is 22.6 Å². The summed E-state index contributed by atoms with van der Waals surface area (Å²) < 4.78 is 25.0. The minimum Gasteiger partial charge on any atom is -0.393 e. The van der Waals surface area contributed by atoms with Crippen LogP contribution < -0.4 is 11.1 Å². The summed E-state index contributed by atoms with van der Waals surface area (Å²) in [4.78, 5) is 12.7. The molecule has 1 aliphatic heterocycles. The van der Waals surface area contributed by atoms with Crippen LogP contribution in [0.5, 0.6) is 0 Å². The molecule has 0 amide bonds. The zero-order valence-electron chi connectivity index (χ0n) is 12.2. The first-order valence-corrected chi connectivity index (χ1v) is 6.87. The Hall–Kier alpha value is -2.22. The Morgan fingerprint density at radius 1 is 1.50 bits per heavy atom. The maximum atomic E-state index is 12.5. The molecule has 1 aromatic carbocycles. The molecule has 1 heterocycles. The average molecular weight is 312 g/mol. The van der Waals surface area contributed by atoms with Crippen LogP contribution in [0.2, 0.25) is 0 Å². The van der Waals surface area contributed by atoms with E-state index >= 15 is 0 Å². The minimum atomic E-state index is -2.61. The molecular formula is C14H18F2N4O2. The molecule has 0 bridgehead atoms. The fraction of sp³-hybridized carbons (Fsp3) is 0.429. The lowest BCUT2D eigenvalue weighted by Crippen LogP contribution is -2.24. The maximum absolute atomic E-state index is 12.5. The molecular weight excluding hydrogens is 294 g/mol. The molecule has 0 saturated heterocycles. The van der Waals surface area contributed by atoms with Crippen molar-refractivity contribution in [2.75, 3.05) is 37.7 Å². The zero-order valence-corrected chi connectivity index (χ0v) is 12.2. The number of alkyl halides is 2. The van der Waals surface area contributed by atoms with Crippen LogP contribution in [0, 0.1) is 10.1 Å². The number of likely N-dealkylation sites (N-methyl/N-ethyl adjacent to an activating group) is 1. The summed E-state index contributed by atoms with van der Waals surface area (Å²) >= 11 is 0. The molecule has 0 saturated carbocycles. The van der Waals surface area contributed by atoms with Crippen LogP contribution in [0.3, 0.4) is 0 Å². The van der Waals surface area contributed by atoms with Gasteiger partial charge in [-0.05, 0) is 25.1 Å². The van der Waals surface area contributed by atoms with Gasteiger partial charge in [0.15, 0.2) is 0 Å². The van der Waals surface area contributed by atoms with Gasteiger partial charge < -0.3 is 16.0 Å². The maximum Gasteiger partial charge on any atom is 0.315 e. The molecule has 0 aromatic heterocycles. The summed E-state index contributed by atoms with van der Waals surface area (Å²) in [6.07, 6.45) is 0.0353. The van der Waals surface area contributed by atoms with E-state index in [2.05, 4.69) is 10.2 Å². The number of nitrogens with two attached hydrogens (primary N) is 1. The summed E-state index contributed by atoms with van der Waals surface area (Å²) in [6, 6.07) is 3.09. The third kappa shape index (κ3) is 3.51. The lowest BCUT2D eigenvalue weighted by Gasteiger charge is -2.23. The second kappa shape index (κ2) is 6.69. The summed E-state index contributed by atoms with van der Waals surface area (Å²) in [6.45, 7) is 0.852. The number of anilines is 2. The Morgan fingerprint density at radius 3 is 2.77 bits per heavy atom. The Balaban J connectivity index is 2.48. The van der Waals surface area contributed by atoms with E-state index in [4.69, 9.17) is 5.73 Å². The van der Waals surface area contributed by atoms with Gasteiger partial charge in [-0.2, -0.15) is 0 Å². The molecule has 6 nitrogen and oxygen atoms in total. The smallest absolute Gasteiger partial charge is 0.315 e. The fourth-order valence-corrected chi connectivity index (χ4v) is 2.45. The van der Waals surface area contributed by atoms with Crippen molar-refractivity contribution in [2.45, 2.75) is 12.8 Å². The second-order valence-electron chi connectivity index (χ2n) is 5.20. The minimum absolute atomic E-state index is 0.0426. The SMILES string of the molecule is CN1CC=C(c2ccc(N)c([N+](=O)[O-])c2NCC(F)F)CC1. The summed E-state index contributed by atoms with van der Waals surface area (Å²) in [7, 11) is 1.97. The summed E-state index contributed by atoms with van der Waals surface area (Å²) in [5.41, 5.74) is 6.80. The first-order chi connectivity index (χ1) is 10.4. The zero-order chi connectivity index (χ0) is 16.3. The van der Waals surface area contributed by atoms with Gasteiger partial charge in [0.05, 0.1) is 11.5 Å². The van der Waals surface area contributed by atoms with Gasteiger partial charge in [-0.15, -0.1) is 0 Å². The molecule has 1 aromatic rings. The van der Waals surface area contributed by atoms with Crippen LogP contribution in [0.4, 0.5) is 25.8 Å². The quantitative estimate of drug-likeness (QED) is 0.496. The highest BCUT2D eigenvalue weighted by molar-refractivity contribution is 5.87. The van der Waals surface area contributed by atoms with Gasteiger partial charge in [0, 0.05) is 18.7 Å². The van der Waals surface area contributed by atoms with E-state index in [1.807, 2.05) is 13.1 Å². The van der Waals surface area contributed by atoms with E-state index in [9.17, 15) is 18.9 Å². The third-order valence-corrected chi connectivity index (χ3v) is 3.58. The molecule has 2 rings (SSSR count). The van der Waals surface area contributed by atoms with E-state index in [-0.39, 0.29) is 17.1 Å². The number of hydrogen-bond donors (Lipinski definition) is 2. The van der Waals surface area contributed by atoms with Crippen LogP contribution in [0.15, 0.2) is 18.2 Å². The number of hydrogen-bond acceptors (Lipinski definition) is 5. The molecule has 0 spiro atoms. The molecule has 0 atom stereocenters. The van der Waals surface area contributed by atoms with Crippen molar-refractivity contribution in [3.8, 4) is 0 Å². The highest BCUT2D eigenvalue weighted by Gasteiger charge is 2.25. The molecule has 0 fully saturated rings. The Morgan fingerprint density at radius 2 is 2.23 bits per heavy atom. The molecule has 120 valence electrons. The highest BCUT2D eigenvalue weighted by Crippen LogP contribution is 2.39. The summed E-state index contributed by atoms with van der Waals surface area (Å²) in [5, 5.41) is 13.7. The lowest BCUT2D eigenvalue weighted by molar-refractivity contribution is -0.383. The molecule has 0 aliphatic carbocycles. The standard InChI is InChI=1S/C14H18F2N4O2/c1-19-6-4-9(5-7-19)10-2-3-11(17)14(20(21)22)13(10)18-8-12(15)16/h2-4,12,18H,5-8,17H2,1H3. The van der Waals surface area contributed by atoms with Gasteiger partial charge in [-0.25, -0.2) is 8.78 Å². The van der Waals surface area contributed by atoms with E-state index in [1.165, 1.54) is 6.07 Å². The van der Waals surface area contributed by atoms with Crippen LogP contribution in [-0.4, -0.2) is 42.9 Å². The molecule has 0 radical (unpaired) electrons. The first kappa shape index (κ1) is 16.2. The van der Waals surface area contributed by atoms with Crippen LogP contribution in [0.25, 0.3) is 5.57 Å². The lowest BCUT2D eigenvalue weighted by atomic mass is 9.96. The van der Waals surface area contributed by atoms with Gasteiger partial charge in [0.1, 0.15) is 11.4 Å². The van der Waals surface area contributed by atoms with Crippen molar-refractivity contribution in [1.29, 1.82) is 0 Å². The van der Waals surface area contributed by atoms with Gasteiger partial charge in [0.25, 0.3) is 6.43 Å². The van der Waals surface area contributed by atoms with Crippen molar-refractivity contribution in [3.63, 3.8) is 0 Å². The number of nitro groups is 1. The average Bonchev–Trinajstić information content (AvgIpc) is 2.45. The van der Waals surface area contributed by atoms with Crippen molar-refractivity contribution in [3.05, 3.63) is 33.9 Å². The number of halogens is 2. The Kier molecular flexibility index (Phi) is 4.92. The number of benzene rings is 1. The van der Waals surface area contributed by atoms with Gasteiger partial charge in [-0.3, -0.25) is 10.1 Å². The van der Waals surface area contributed by atoms with E-state index < -0.39 is 17.9 Å². The van der Waals surface area contributed by atoms with Gasteiger partial charge in [0.2, 0.25) is 0 Å². The Labute approximate surface area is 126 Å². The molecule has 1 aliphatic rings. The highest BCUT2D eigenvalue weighted by atomic mass is 19.3. The Bertz CT molecular complexity index is 605. The van der Waals surface area contributed by atoms with E-state index in [0.29, 0.717) is 18.5 Å². The van der Waals surface area contributed by atoms with E-state index in [0.717, 1.165) is 12.1 Å². The van der Waals surface area contributed by atoms with E-state index in [1.54, 1.807) is 6.07 Å². The van der Waals surface area contributed by atoms with Crippen molar-refractivity contribution in [2.24, 2.45) is 0 Å². The van der Waals surface area contributed by atoms with Crippen LogP contribution in [-0.2, 0) is 0 Å². The largest absolute Gasteiger partial charge is 0.393 e. The second-order valence-corrected chi connectivity index (χ2v) is 5.20. The number of nitrogens with one attached hydrogen (secondary N) is 1. The number of nitrogens with zero attached hydrogens (tertiary/aromatic N) is 2.